The molecule has 1 atom stereocenters. The van der Waals surface area contributed by atoms with Gasteiger partial charge in [0.2, 0.25) is 5.91 Å². The van der Waals surface area contributed by atoms with Gasteiger partial charge in [-0.05, 0) is 18.9 Å². The highest BCUT2D eigenvalue weighted by Crippen LogP contribution is 2.09. The zero-order valence-electron chi connectivity index (χ0n) is 11.7. The molecule has 1 rings (SSSR count). The number of aryl methyl sites for hydroxylation is 1. The highest BCUT2D eigenvalue weighted by Gasteiger charge is 2.09. The number of nitrogens with zero attached hydrogens (tertiary/aromatic N) is 2. The fourth-order valence-corrected chi connectivity index (χ4v) is 1.72. The van der Waals surface area contributed by atoms with Gasteiger partial charge in [0.25, 0.3) is 0 Å². The number of amides is 1. The summed E-state index contributed by atoms with van der Waals surface area (Å²) < 4.78 is 1.84. The second-order valence-electron chi connectivity index (χ2n) is 5.00. The van der Waals surface area contributed by atoms with Gasteiger partial charge in [0, 0.05) is 38.8 Å². The zero-order valence-corrected chi connectivity index (χ0v) is 11.7. The molecule has 0 fully saturated rings. The average molecular weight is 252 g/mol. The van der Waals surface area contributed by atoms with E-state index in [1.807, 2.05) is 17.8 Å². The molecule has 1 heterocycles. The van der Waals surface area contributed by atoms with Gasteiger partial charge in [-0.15, -0.1) is 0 Å². The van der Waals surface area contributed by atoms with Crippen molar-refractivity contribution in [3.63, 3.8) is 0 Å². The SMILES string of the molecule is CC(C)CNC(=O)CCNC(C)c1ccnn1C. The van der Waals surface area contributed by atoms with Crippen LogP contribution in [0.2, 0.25) is 0 Å². The molecule has 0 spiro atoms. The van der Waals surface area contributed by atoms with Crippen LogP contribution < -0.4 is 10.6 Å². The lowest BCUT2D eigenvalue weighted by Crippen LogP contribution is -2.31. The monoisotopic (exact) mass is 252 g/mol. The molecular formula is C13H24N4O. The van der Waals surface area contributed by atoms with E-state index in [9.17, 15) is 4.79 Å². The topological polar surface area (TPSA) is 59.0 Å². The number of carbonyl (C=O) groups excluding carboxylic acids is 1. The van der Waals surface area contributed by atoms with Crippen LogP contribution in [0.3, 0.4) is 0 Å². The predicted octanol–water partition coefficient (Wildman–Crippen LogP) is 1.23. The molecule has 0 saturated heterocycles. The molecule has 18 heavy (non-hydrogen) atoms. The lowest BCUT2D eigenvalue weighted by molar-refractivity contribution is -0.121. The third-order valence-electron chi connectivity index (χ3n) is 2.81. The third kappa shape index (κ3) is 4.87. The van der Waals surface area contributed by atoms with E-state index in [-0.39, 0.29) is 11.9 Å². The van der Waals surface area contributed by atoms with Crippen molar-refractivity contribution < 1.29 is 4.79 Å². The number of rotatable bonds is 7. The minimum absolute atomic E-state index is 0.105. The minimum Gasteiger partial charge on any atom is -0.356 e. The number of hydrogen-bond acceptors (Lipinski definition) is 3. The highest BCUT2D eigenvalue weighted by molar-refractivity contribution is 5.76. The molecular weight excluding hydrogens is 228 g/mol. The van der Waals surface area contributed by atoms with E-state index in [1.165, 1.54) is 0 Å². The summed E-state index contributed by atoms with van der Waals surface area (Å²) >= 11 is 0. The number of carbonyl (C=O) groups is 1. The quantitative estimate of drug-likeness (QED) is 0.767. The first-order valence-corrected chi connectivity index (χ1v) is 6.48. The Hall–Kier alpha value is -1.36. The van der Waals surface area contributed by atoms with Crippen molar-refractivity contribution in [3.05, 3.63) is 18.0 Å². The fourth-order valence-electron chi connectivity index (χ4n) is 1.72. The summed E-state index contributed by atoms with van der Waals surface area (Å²) in [5.74, 6) is 0.601. The van der Waals surface area contributed by atoms with E-state index in [0.29, 0.717) is 18.9 Å². The van der Waals surface area contributed by atoms with Gasteiger partial charge in [-0.25, -0.2) is 0 Å². The first kappa shape index (κ1) is 14.7. The largest absolute Gasteiger partial charge is 0.356 e. The maximum Gasteiger partial charge on any atom is 0.221 e. The summed E-state index contributed by atoms with van der Waals surface area (Å²) in [7, 11) is 1.92. The van der Waals surface area contributed by atoms with Crippen molar-refractivity contribution in [1.82, 2.24) is 20.4 Å². The van der Waals surface area contributed by atoms with E-state index in [0.717, 1.165) is 12.2 Å². The summed E-state index contributed by atoms with van der Waals surface area (Å²) in [6, 6.07) is 2.19. The number of hydrogen-bond donors (Lipinski definition) is 2. The Morgan fingerprint density at radius 3 is 2.72 bits per heavy atom. The van der Waals surface area contributed by atoms with Gasteiger partial charge in [-0.3, -0.25) is 9.48 Å². The molecule has 5 nitrogen and oxygen atoms in total. The number of nitrogens with one attached hydrogen (secondary N) is 2. The number of aromatic nitrogens is 2. The second kappa shape index (κ2) is 7.16. The maximum atomic E-state index is 11.5. The van der Waals surface area contributed by atoms with Gasteiger partial charge < -0.3 is 10.6 Å². The molecule has 1 unspecified atom stereocenters. The van der Waals surface area contributed by atoms with Crippen molar-refractivity contribution in [2.45, 2.75) is 33.2 Å². The molecule has 0 aliphatic rings. The Morgan fingerprint density at radius 1 is 1.44 bits per heavy atom. The average Bonchev–Trinajstić information content (AvgIpc) is 2.72. The van der Waals surface area contributed by atoms with Crippen LogP contribution in [-0.4, -0.2) is 28.8 Å². The van der Waals surface area contributed by atoms with Gasteiger partial charge in [-0.2, -0.15) is 5.10 Å². The summed E-state index contributed by atoms with van der Waals surface area (Å²) in [4.78, 5) is 11.5. The Bertz CT molecular complexity index is 373. The standard InChI is InChI=1S/C13H24N4O/c1-10(2)9-15-13(18)6-7-14-11(3)12-5-8-16-17(12)4/h5,8,10-11,14H,6-7,9H2,1-4H3,(H,15,18). The first-order valence-electron chi connectivity index (χ1n) is 6.48. The van der Waals surface area contributed by atoms with E-state index < -0.39 is 0 Å². The molecule has 2 N–H and O–H groups in total. The van der Waals surface area contributed by atoms with E-state index in [4.69, 9.17) is 0 Å². The molecule has 0 bridgehead atoms. The van der Waals surface area contributed by atoms with Gasteiger partial charge in [0.15, 0.2) is 0 Å². The summed E-state index contributed by atoms with van der Waals surface area (Å²) in [6.07, 6.45) is 2.29. The maximum absolute atomic E-state index is 11.5. The smallest absolute Gasteiger partial charge is 0.221 e. The molecule has 102 valence electrons. The van der Waals surface area contributed by atoms with Gasteiger partial charge >= 0.3 is 0 Å². The first-order chi connectivity index (χ1) is 8.50. The van der Waals surface area contributed by atoms with Gasteiger partial charge in [0.05, 0.1) is 5.69 Å². The van der Waals surface area contributed by atoms with Crippen LogP contribution in [0, 0.1) is 5.92 Å². The molecule has 0 aliphatic heterocycles. The Kier molecular flexibility index (Phi) is 5.85. The Morgan fingerprint density at radius 2 is 2.17 bits per heavy atom. The van der Waals surface area contributed by atoms with E-state index in [1.54, 1.807) is 6.20 Å². The predicted molar refractivity (Wildman–Crippen MR) is 72.1 cm³/mol. The highest BCUT2D eigenvalue weighted by atomic mass is 16.1. The molecule has 1 aromatic rings. The second-order valence-corrected chi connectivity index (χ2v) is 5.00. The summed E-state index contributed by atoms with van der Waals surface area (Å²) in [5, 5.41) is 10.4. The van der Waals surface area contributed by atoms with Crippen molar-refractivity contribution >= 4 is 5.91 Å². The van der Waals surface area contributed by atoms with Crippen LogP contribution in [-0.2, 0) is 11.8 Å². The van der Waals surface area contributed by atoms with Crippen LogP contribution in [0.5, 0.6) is 0 Å². The molecule has 1 amide bonds. The molecule has 0 radical (unpaired) electrons. The van der Waals surface area contributed by atoms with E-state index in [2.05, 4.69) is 36.5 Å². The lowest BCUT2D eigenvalue weighted by atomic mass is 10.2. The molecule has 0 aromatic carbocycles. The van der Waals surface area contributed by atoms with Crippen LogP contribution in [0.1, 0.15) is 38.9 Å². The minimum atomic E-state index is 0.105. The summed E-state index contributed by atoms with van der Waals surface area (Å²) in [6.45, 7) is 7.67. The third-order valence-corrected chi connectivity index (χ3v) is 2.81. The summed E-state index contributed by atoms with van der Waals surface area (Å²) in [5.41, 5.74) is 1.12. The van der Waals surface area contributed by atoms with Crippen LogP contribution in [0.4, 0.5) is 0 Å². The Balaban J connectivity index is 2.22. The molecule has 0 aliphatic carbocycles. The van der Waals surface area contributed by atoms with Crippen LogP contribution >= 0.6 is 0 Å². The van der Waals surface area contributed by atoms with Crippen LogP contribution in [0.25, 0.3) is 0 Å². The normalized spacial score (nSPS) is 12.7. The lowest BCUT2D eigenvalue weighted by Gasteiger charge is -2.14. The molecule has 1 aromatic heterocycles. The van der Waals surface area contributed by atoms with E-state index >= 15 is 0 Å². The van der Waals surface area contributed by atoms with Crippen molar-refractivity contribution in [1.29, 1.82) is 0 Å². The van der Waals surface area contributed by atoms with Crippen molar-refractivity contribution in [2.75, 3.05) is 13.1 Å². The Labute approximate surface area is 109 Å². The van der Waals surface area contributed by atoms with Gasteiger partial charge in [0.1, 0.15) is 0 Å². The zero-order chi connectivity index (χ0) is 13.5. The van der Waals surface area contributed by atoms with Crippen LogP contribution in [0.15, 0.2) is 12.3 Å². The fraction of sp³-hybridized carbons (Fsp3) is 0.692. The van der Waals surface area contributed by atoms with Crippen molar-refractivity contribution in [2.24, 2.45) is 13.0 Å². The van der Waals surface area contributed by atoms with Crippen molar-refractivity contribution in [3.8, 4) is 0 Å². The van der Waals surface area contributed by atoms with Gasteiger partial charge in [-0.1, -0.05) is 13.8 Å². The molecule has 5 heteroatoms. The molecule has 0 saturated carbocycles.